The molecule has 0 atom stereocenters. The van der Waals surface area contributed by atoms with Crippen LogP contribution in [-0.4, -0.2) is 41.8 Å². The number of rotatable bonds is 8. The van der Waals surface area contributed by atoms with Gasteiger partial charge in [-0.2, -0.15) is 10.1 Å². The average Bonchev–Trinajstić information content (AvgIpc) is 3.24. The van der Waals surface area contributed by atoms with Crippen molar-refractivity contribution in [3.63, 3.8) is 0 Å². The van der Waals surface area contributed by atoms with Crippen LogP contribution in [-0.2, 0) is 4.74 Å². The first-order valence-corrected chi connectivity index (χ1v) is 10.3. The summed E-state index contributed by atoms with van der Waals surface area (Å²) in [5, 5.41) is 13.7. The minimum absolute atomic E-state index is 0.0780. The highest BCUT2D eigenvalue weighted by atomic mass is 35.5. The average molecular weight is 462 g/mol. The van der Waals surface area contributed by atoms with Crippen molar-refractivity contribution in [1.82, 2.24) is 15.5 Å². The van der Waals surface area contributed by atoms with Gasteiger partial charge in [0.2, 0.25) is 5.96 Å². The van der Waals surface area contributed by atoms with Crippen LogP contribution in [0.4, 0.5) is 14.6 Å². The molecule has 2 aromatic carbocycles. The molecule has 1 aromatic heterocycles. The van der Waals surface area contributed by atoms with Crippen LogP contribution in [0.15, 0.2) is 53.5 Å². The predicted molar refractivity (Wildman–Crippen MR) is 120 cm³/mol. The molecule has 0 aliphatic carbocycles. The van der Waals surface area contributed by atoms with Crippen LogP contribution in [0.2, 0.25) is 5.02 Å². The zero-order valence-electron chi connectivity index (χ0n) is 17.3. The van der Waals surface area contributed by atoms with Crippen molar-refractivity contribution in [3.05, 3.63) is 70.8 Å². The molecular formula is C22H22ClF2N5O2. The van der Waals surface area contributed by atoms with E-state index in [2.05, 4.69) is 25.8 Å². The highest BCUT2D eigenvalue weighted by molar-refractivity contribution is 6.30. The summed E-state index contributed by atoms with van der Waals surface area (Å²) >= 11 is 5.92. The number of nitrogens with zero attached hydrogens (tertiary/aromatic N) is 2. The summed E-state index contributed by atoms with van der Waals surface area (Å²) in [6.45, 7) is 3.52. The molecule has 3 N–H and O–H groups in total. The van der Waals surface area contributed by atoms with Gasteiger partial charge < -0.3 is 15.4 Å². The molecule has 0 saturated heterocycles. The first-order valence-electron chi connectivity index (χ1n) is 9.94. The van der Waals surface area contributed by atoms with E-state index in [9.17, 15) is 13.6 Å². The molecule has 0 radical (unpaired) electrons. The topological polar surface area (TPSA) is 91.4 Å². The molecule has 0 aliphatic rings. The molecule has 0 aliphatic heterocycles. The Morgan fingerprint density at radius 1 is 1.16 bits per heavy atom. The van der Waals surface area contributed by atoms with Gasteiger partial charge >= 0.3 is 0 Å². The van der Waals surface area contributed by atoms with Crippen molar-refractivity contribution in [3.8, 4) is 11.3 Å². The highest BCUT2D eigenvalue weighted by Crippen LogP contribution is 2.21. The predicted octanol–water partition coefficient (Wildman–Crippen LogP) is 4.63. The van der Waals surface area contributed by atoms with E-state index in [1.165, 1.54) is 6.07 Å². The standard InChI is InChI=1S/C22H22ClF2N5O2/c1-2-32-11-3-10-26-22(28-21(31)15-6-9-17(24)18(25)12-15)27-20-13-19(29-30-20)14-4-7-16(23)8-5-14/h4-9,12-13H,2-3,10-11H2,1H3,(H3,26,27,28,29,30,31). The number of halogens is 3. The van der Waals surface area contributed by atoms with Gasteiger partial charge in [-0.3, -0.25) is 9.89 Å². The summed E-state index contributed by atoms with van der Waals surface area (Å²) < 4.78 is 32.0. The lowest BCUT2D eigenvalue weighted by Crippen LogP contribution is -2.33. The second-order valence-corrected chi connectivity index (χ2v) is 7.11. The van der Waals surface area contributed by atoms with Gasteiger partial charge in [0.15, 0.2) is 11.6 Å². The quantitative estimate of drug-likeness (QED) is 0.258. The van der Waals surface area contributed by atoms with Gasteiger partial charge in [-0.05, 0) is 43.7 Å². The third-order valence-corrected chi connectivity index (χ3v) is 4.56. The number of aromatic nitrogens is 2. The van der Waals surface area contributed by atoms with Crippen LogP contribution in [0.1, 0.15) is 23.7 Å². The van der Waals surface area contributed by atoms with Crippen LogP contribution < -0.4 is 10.6 Å². The summed E-state index contributed by atoms with van der Waals surface area (Å²) in [5.74, 6) is -2.29. The molecule has 32 heavy (non-hydrogen) atoms. The fourth-order valence-corrected chi connectivity index (χ4v) is 2.84. The number of hydrogen-bond acceptors (Lipinski definition) is 3. The number of aliphatic imine (C=N–C) groups is 1. The normalized spacial score (nSPS) is 11.4. The maximum absolute atomic E-state index is 13.5. The Morgan fingerprint density at radius 2 is 1.94 bits per heavy atom. The fourth-order valence-electron chi connectivity index (χ4n) is 2.71. The van der Waals surface area contributed by atoms with Crippen molar-refractivity contribution >= 4 is 29.3 Å². The first kappa shape index (κ1) is 23.4. The van der Waals surface area contributed by atoms with Crippen LogP contribution in [0.5, 0.6) is 0 Å². The Morgan fingerprint density at radius 3 is 2.66 bits per heavy atom. The minimum atomic E-state index is -1.12. The van der Waals surface area contributed by atoms with Gasteiger partial charge in [-0.15, -0.1) is 0 Å². The molecule has 0 fully saturated rings. The Hall–Kier alpha value is -3.30. The molecule has 168 valence electrons. The van der Waals surface area contributed by atoms with Gasteiger partial charge in [0.1, 0.15) is 5.82 Å². The highest BCUT2D eigenvalue weighted by Gasteiger charge is 2.12. The third kappa shape index (κ3) is 6.60. The number of H-pyrrole nitrogens is 1. The third-order valence-electron chi connectivity index (χ3n) is 4.31. The molecule has 0 spiro atoms. The molecule has 1 heterocycles. The minimum Gasteiger partial charge on any atom is -0.382 e. The van der Waals surface area contributed by atoms with Crippen molar-refractivity contribution < 1.29 is 18.3 Å². The first-order chi connectivity index (χ1) is 15.5. The zero-order valence-corrected chi connectivity index (χ0v) is 18.0. The van der Waals surface area contributed by atoms with E-state index in [1.807, 2.05) is 19.1 Å². The summed E-state index contributed by atoms with van der Waals surface area (Å²) in [7, 11) is 0. The number of amides is 1. The van der Waals surface area contributed by atoms with E-state index < -0.39 is 17.5 Å². The van der Waals surface area contributed by atoms with Crippen molar-refractivity contribution in [2.45, 2.75) is 13.3 Å². The molecule has 7 nitrogen and oxygen atoms in total. The number of guanidine groups is 1. The van der Waals surface area contributed by atoms with E-state index in [-0.39, 0.29) is 11.5 Å². The monoisotopic (exact) mass is 461 g/mol. The van der Waals surface area contributed by atoms with E-state index in [0.29, 0.717) is 42.7 Å². The Bertz CT molecular complexity index is 1090. The van der Waals surface area contributed by atoms with Crippen molar-refractivity contribution in [2.24, 2.45) is 4.99 Å². The van der Waals surface area contributed by atoms with Gasteiger partial charge in [0.05, 0.1) is 5.69 Å². The summed E-state index contributed by atoms with van der Waals surface area (Å²) in [4.78, 5) is 16.5. The molecule has 3 rings (SSSR count). The molecule has 3 aromatic rings. The Balaban J connectivity index is 1.76. The molecule has 10 heteroatoms. The second-order valence-electron chi connectivity index (χ2n) is 6.67. The number of aromatic amines is 1. The summed E-state index contributed by atoms with van der Waals surface area (Å²) in [6.07, 6.45) is 0.674. The van der Waals surface area contributed by atoms with Gasteiger partial charge in [-0.1, -0.05) is 23.7 Å². The lowest BCUT2D eigenvalue weighted by atomic mass is 10.1. The number of carbonyl (C=O) groups is 1. The van der Waals surface area contributed by atoms with Gasteiger partial charge in [-0.25, -0.2) is 8.78 Å². The molecule has 0 bridgehead atoms. The molecule has 0 saturated carbocycles. The summed E-state index contributed by atoms with van der Waals surface area (Å²) in [6, 6.07) is 11.8. The lowest BCUT2D eigenvalue weighted by Gasteiger charge is -2.11. The number of benzene rings is 2. The SMILES string of the molecule is CCOCCCN/C(=N/C(=O)c1ccc(F)c(F)c1)Nc1cc(-c2ccc(Cl)cc2)n[nH]1. The Labute approximate surface area is 188 Å². The maximum atomic E-state index is 13.5. The van der Waals surface area contributed by atoms with Crippen LogP contribution >= 0.6 is 11.6 Å². The number of hydrogen-bond donors (Lipinski definition) is 3. The van der Waals surface area contributed by atoms with Crippen LogP contribution in [0.25, 0.3) is 11.3 Å². The maximum Gasteiger partial charge on any atom is 0.280 e. The van der Waals surface area contributed by atoms with E-state index in [4.69, 9.17) is 16.3 Å². The van der Waals surface area contributed by atoms with Crippen molar-refractivity contribution in [1.29, 1.82) is 0 Å². The van der Waals surface area contributed by atoms with Crippen LogP contribution in [0.3, 0.4) is 0 Å². The summed E-state index contributed by atoms with van der Waals surface area (Å²) in [5.41, 5.74) is 1.43. The largest absolute Gasteiger partial charge is 0.382 e. The van der Waals surface area contributed by atoms with E-state index >= 15 is 0 Å². The van der Waals surface area contributed by atoms with Gasteiger partial charge in [0.25, 0.3) is 5.91 Å². The van der Waals surface area contributed by atoms with E-state index in [0.717, 1.165) is 17.7 Å². The molecular weight excluding hydrogens is 440 g/mol. The van der Waals surface area contributed by atoms with Crippen molar-refractivity contribution in [2.75, 3.05) is 25.1 Å². The molecule has 1 amide bonds. The number of anilines is 1. The smallest absolute Gasteiger partial charge is 0.280 e. The van der Waals surface area contributed by atoms with E-state index in [1.54, 1.807) is 18.2 Å². The number of carbonyl (C=O) groups excluding carboxylic acids is 1. The van der Waals surface area contributed by atoms with Gasteiger partial charge in [0, 0.05) is 42.0 Å². The Kier molecular flexibility index (Phi) is 8.29. The molecule has 0 unspecified atom stereocenters. The second kappa shape index (κ2) is 11.4. The number of ether oxygens (including phenoxy) is 1. The lowest BCUT2D eigenvalue weighted by molar-refractivity contribution is 0.100. The fraction of sp³-hybridized carbons (Fsp3) is 0.227. The number of nitrogens with one attached hydrogen (secondary N) is 3. The van der Waals surface area contributed by atoms with Crippen LogP contribution in [0, 0.1) is 11.6 Å². The zero-order chi connectivity index (χ0) is 22.9.